The van der Waals surface area contributed by atoms with Gasteiger partial charge in [0.25, 0.3) is 0 Å². The standard InChI is InChI=1S/C13H22N4O4/c1-4-6-9(8(3)5-2)14-10(18)7-17-12(20)15-11(19)16-13(17)21/h8-9H,4-7H2,1-3H3,(H,14,18)(H2,15,16,19,20,21)/t8-,9+/m1/s1. The largest absolute Gasteiger partial charge is 0.352 e. The van der Waals surface area contributed by atoms with Gasteiger partial charge in [0, 0.05) is 6.04 Å². The van der Waals surface area contributed by atoms with Crippen LogP contribution in [-0.2, 0) is 11.3 Å². The second-order valence-electron chi connectivity index (χ2n) is 5.12. The van der Waals surface area contributed by atoms with Crippen molar-refractivity contribution < 1.29 is 4.79 Å². The van der Waals surface area contributed by atoms with E-state index < -0.39 is 29.5 Å². The summed E-state index contributed by atoms with van der Waals surface area (Å²) in [6.07, 6.45) is 2.68. The van der Waals surface area contributed by atoms with Crippen LogP contribution in [0, 0.1) is 5.92 Å². The number of nitrogens with zero attached hydrogens (tertiary/aromatic N) is 1. The summed E-state index contributed by atoms with van der Waals surface area (Å²) in [7, 11) is 0. The molecule has 1 aromatic rings. The van der Waals surface area contributed by atoms with Crippen LogP contribution in [-0.4, -0.2) is 26.5 Å². The molecule has 0 radical (unpaired) electrons. The minimum atomic E-state index is -0.894. The highest BCUT2D eigenvalue weighted by Crippen LogP contribution is 2.12. The molecule has 0 aliphatic carbocycles. The van der Waals surface area contributed by atoms with Crippen LogP contribution < -0.4 is 22.4 Å². The maximum absolute atomic E-state index is 12.0. The van der Waals surface area contributed by atoms with Crippen LogP contribution in [0.25, 0.3) is 0 Å². The van der Waals surface area contributed by atoms with Crippen LogP contribution in [0.3, 0.4) is 0 Å². The summed E-state index contributed by atoms with van der Waals surface area (Å²) in [6.45, 7) is 5.69. The summed E-state index contributed by atoms with van der Waals surface area (Å²) in [4.78, 5) is 49.7. The van der Waals surface area contributed by atoms with Crippen molar-refractivity contribution in [3.8, 4) is 0 Å². The summed E-state index contributed by atoms with van der Waals surface area (Å²) in [6, 6.07) is 0.00467. The number of amides is 1. The molecular weight excluding hydrogens is 276 g/mol. The van der Waals surface area contributed by atoms with Crippen molar-refractivity contribution in [3.05, 3.63) is 31.5 Å². The third-order valence-electron chi connectivity index (χ3n) is 3.51. The normalized spacial score (nSPS) is 13.7. The SMILES string of the molecule is CCC[C@H](NC(=O)Cn1c(=O)[nH]c(=O)[nH]c1=O)[C@H](C)CC. The van der Waals surface area contributed by atoms with Gasteiger partial charge in [0.15, 0.2) is 0 Å². The summed E-state index contributed by atoms with van der Waals surface area (Å²) in [5.41, 5.74) is -2.67. The molecule has 0 aliphatic heterocycles. The predicted molar refractivity (Wildman–Crippen MR) is 78.2 cm³/mol. The highest BCUT2D eigenvalue weighted by atomic mass is 16.2. The van der Waals surface area contributed by atoms with Gasteiger partial charge in [0.1, 0.15) is 6.54 Å². The first kappa shape index (κ1) is 16.9. The summed E-state index contributed by atoms with van der Waals surface area (Å²) in [5, 5.41) is 2.84. The van der Waals surface area contributed by atoms with Gasteiger partial charge in [-0.2, -0.15) is 0 Å². The van der Waals surface area contributed by atoms with Gasteiger partial charge >= 0.3 is 17.1 Å². The van der Waals surface area contributed by atoms with E-state index in [-0.39, 0.29) is 6.04 Å². The molecule has 0 aromatic carbocycles. The van der Waals surface area contributed by atoms with Crippen LogP contribution in [0.1, 0.15) is 40.0 Å². The van der Waals surface area contributed by atoms with Crippen molar-refractivity contribution in [1.82, 2.24) is 19.9 Å². The van der Waals surface area contributed by atoms with E-state index in [1.165, 1.54) is 0 Å². The van der Waals surface area contributed by atoms with Gasteiger partial charge in [-0.05, 0) is 12.3 Å². The summed E-state index contributed by atoms with van der Waals surface area (Å²) >= 11 is 0. The molecule has 2 atom stereocenters. The average molecular weight is 298 g/mol. The Bertz CT molecular complexity index is 608. The summed E-state index contributed by atoms with van der Waals surface area (Å²) < 4.78 is 0.663. The lowest BCUT2D eigenvalue weighted by atomic mass is 9.95. The van der Waals surface area contributed by atoms with Gasteiger partial charge in [-0.3, -0.25) is 14.8 Å². The molecule has 0 bridgehead atoms. The number of carbonyl (C=O) groups excluding carboxylic acids is 1. The van der Waals surface area contributed by atoms with Crippen LogP contribution in [0.5, 0.6) is 0 Å². The minimum Gasteiger partial charge on any atom is -0.352 e. The molecule has 0 aliphatic rings. The Kier molecular flexibility index (Phi) is 6.13. The molecule has 0 saturated heterocycles. The topological polar surface area (TPSA) is 117 Å². The molecule has 1 heterocycles. The Morgan fingerprint density at radius 1 is 1.19 bits per heavy atom. The zero-order valence-electron chi connectivity index (χ0n) is 12.6. The number of hydrogen-bond acceptors (Lipinski definition) is 4. The molecular formula is C13H22N4O4. The molecule has 21 heavy (non-hydrogen) atoms. The maximum Gasteiger partial charge on any atom is 0.334 e. The van der Waals surface area contributed by atoms with E-state index >= 15 is 0 Å². The van der Waals surface area contributed by atoms with Crippen molar-refractivity contribution in [2.24, 2.45) is 5.92 Å². The molecule has 0 fully saturated rings. The number of H-pyrrole nitrogens is 2. The first-order valence-corrected chi connectivity index (χ1v) is 7.11. The lowest BCUT2D eigenvalue weighted by Crippen LogP contribution is -2.48. The van der Waals surface area contributed by atoms with Gasteiger partial charge in [-0.1, -0.05) is 33.6 Å². The van der Waals surface area contributed by atoms with E-state index in [0.717, 1.165) is 19.3 Å². The molecule has 118 valence electrons. The van der Waals surface area contributed by atoms with E-state index in [1.807, 2.05) is 30.7 Å². The Morgan fingerprint density at radius 2 is 1.76 bits per heavy atom. The van der Waals surface area contributed by atoms with E-state index in [0.29, 0.717) is 10.5 Å². The molecule has 0 spiro atoms. The molecule has 8 heteroatoms. The molecule has 1 rings (SSSR count). The minimum absolute atomic E-state index is 0.00467. The average Bonchev–Trinajstić information content (AvgIpc) is 2.41. The first-order chi connectivity index (χ1) is 9.88. The highest BCUT2D eigenvalue weighted by Gasteiger charge is 2.18. The number of rotatable bonds is 7. The molecule has 0 unspecified atom stereocenters. The monoisotopic (exact) mass is 298 g/mol. The zero-order valence-corrected chi connectivity index (χ0v) is 12.6. The van der Waals surface area contributed by atoms with Crippen LogP contribution in [0.2, 0.25) is 0 Å². The van der Waals surface area contributed by atoms with Crippen molar-refractivity contribution in [2.45, 2.75) is 52.6 Å². The fourth-order valence-electron chi connectivity index (χ4n) is 2.09. The number of aromatic nitrogens is 3. The Morgan fingerprint density at radius 3 is 2.24 bits per heavy atom. The van der Waals surface area contributed by atoms with Gasteiger partial charge in [0.05, 0.1) is 0 Å². The van der Waals surface area contributed by atoms with Crippen molar-refractivity contribution >= 4 is 5.91 Å². The van der Waals surface area contributed by atoms with Crippen molar-refractivity contribution in [3.63, 3.8) is 0 Å². The van der Waals surface area contributed by atoms with E-state index in [4.69, 9.17) is 0 Å². The lowest BCUT2D eigenvalue weighted by molar-refractivity contribution is -0.122. The van der Waals surface area contributed by atoms with E-state index in [9.17, 15) is 19.2 Å². The van der Waals surface area contributed by atoms with Gasteiger partial charge < -0.3 is 5.32 Å². The number of aromatic amines is 2. The van der Waals surface area contributed by atoms with Crippen molar-refractivity contribution in [1.29, 1.82) is 0 Å². The third kappa shape index (κ3) is 4.73. The second kappa shape index (κ2) is 7.61. The number of nitrogens with one attached hydrogen (secondary N) is 3. The number of hydrogen-bond donors (Lipinski definition) is 3. The Labute approximate surface area is 121 Å². The van der Waals surface area contributed by atoms with Crippen LogP contribution >= 0.6 is 0 Å². The third-order valence-corrected chi connectivity index (χ3v) is 3.51. The maximum atomic E-state index is 12.0. The Balaban J connectivity index is 2.84. The first-order valence-electron chi connectivity index (χ1n) is 7.11. The lowest BCUT2D eigenvalue weighted by Gasteiger charge is -2.23. The molecule has 0 saturated carbocycles. The second-order valence-corrected chi connectivity index (χ2v) is 5.12. The van der Waals surface area contributed by atoms with Crippen LogP contribution in [0.15, 0.2) is 14.4 Å². The Hall–Kier alpha value is -2.12. The fourth-order valence-corrected chi connectivity index (χ4v) is 2.09. The molecule has 3 N–H and O–H groups in total. The van der Waals surface area contributed by atoms with Gasteiger partial charge in [0.2, 0.25) is 5.91 Å². The van der Waals surface area contributed by atoms with Crippen LogP contribution in [0.4, 0.5) is 0 Å². The van der Waals surface area contributed by atoms with E-state index in [1.54, 1.807) is 0 Å². The number of carbonyl (C=O) groups is 1. The predicted octanol–water partition coefficient (Wildman–Crippen LogP) is -0.444. The smallest absolute Gasteiger partial charge is 0.334 e. The molecule has 1 amide bonds. The quantitative estimate of drug-likeness (QED) is 0.632. The molecule has 8 nitrogen and oxygen atoms in total. The molecule has 1 aromatic heterocycles. The fraction of sp³-hybridized carbons (Fsp3) is 0.692. The van der Waals surface area contributed by atoms with Gasteiger partial charge in [-0.15, -0.1) is 0 Å². The summed E-state index contributed by atoms with van der Waals surface area (Å²) in [5.74, 6) is -0.118. The van der Waals surface area contributed by atoms with Gasteiger partial charge in [-0.25, -0.2) is 19.0 Å². The van der Waals surface area contributed by atoms with E-state index in [2.05, 4.69) is 5.32 Å². The van der Waals surface area contributed by atoms with Crippen molar-refractivity contribution in [2.75, 3.05) is 0 Å². The zero-order chi connectivity index (χ0) is 16.0. The highest BCUT2D eigenvalue weighted by molar-refractivity contribution is 5.76.